The number of nitrogens with zero attached hydrogens (tertiary/aromatic N) is 1. The summed E-state index contributed by atoms with van der Waals surface area (Å²) in [6.45, 7) is 5.54. The molecule has 2 aliphatic rings. The fourth-order valence-electron chi connectivity index (χ4n) is 4.21. The molecule has 1 fully saturated rings. The molecule has 0 bridgehead atoms. The summed E-state index contributed by atoms with van der Waals surface area (Å²) < 4.78 is 17.4. The first-order valence-electron chi connectivity index (χ1n) is 10.1. The van der Waals surface area contributed by atoms with Gasteiger partial charge in [-0.15, -0.1) is 0 Å². The topological polar surface area (TPSA) is 60.0 Å². The second kappa shape index (κ2) is 7.95. The fourth-order valence-corrected chi connectivity index (χ4v) is 4.21. The van der Waals surface area contributed by atoms with E-state index in [2.05, 4.69) is 23.5 Å². The Bertz CT molecular complexity index is 894. The summed E-state index contributed by atoms with van der Waals surface area (Å²) in [6, 6.07) is 13.7. The van der Waals surface area contributed by atoms with Crippen LogP contribution in [0.15, 0.2) is 42.5 Å². The van der Waals surface area contributed by atoms with Gasteiger partial charge in [0.2, 0.25) is 0 Å². The molecule has 0 saturated carbocycles. The van der Waals surface area contributed by atoms with Crippen molar-refractivity contribution in [3.05, 3.63) is 53.6 Å². The van der Waals surface area contributed by atoms with Crippen molar-refractivity contribution >= 4 is 11.7 Å². The summed E-state index contributed by atoms with van der Waals surface area (Å²) in [5.74, 6) is 1.29. The van der Waals surface area contributed by atoms with Crippen molar-refractivity contribution < 1.29 is 19.0 Å². The van der Waals surface area contributed by atoms with Crippen molar-refractivity contribution in [1.82, 2.24) is 4.90 Å². The van der Waals surface area contributed by atoms with E-state index in [1.807, 2.05) is 36.9 Å². The summed E-state index contributed by atoms with van der Waals surface area (Å²) in [4.78, 5) is 15.0. The molecule has 6 nitrogen and oxygen atoms in total. The van der Waals surface area contributed by atoms with E-state index in [0.29, 0.717) is 36.9 Å². The van der Waals surface area contributed by atoms with Crippen molar-refractivity contribution in [3.8, 4) is 11.5 Å². The zero-order chi connectivity index (χ0) is 20.4. The number of hydrogen-bond donors (Lipinski definition) is 1. The van der Waals surface area contributed by atoms with E-state index in [0.717, 1.165) is 12.8 Å². The number of nitrogens with one attached hydrogen (secondary N) is 1. The average Bonchev–Trinajstić information content (AvgIpc) is 3.07. The second-order valence-electron chi connectivity index (χ2n) is 7.88. The number of benzene rings is 2. The van der Waals surface area contributed by atoms with E-state index < -0.39 is 5.60 Å². The van der Waals surface area contributed by atoms with E-state index in [1.165, 1.54) is 11.1 Å². The summed E-state index contributed by atoms with van der Waals surface area (Å²) in [5, 5.41) is 3.02. The number of methoxy groups -OCH3 is 1. The molecular weight excluding hydrogens is 368 g/mol. The van der Waals surface area contributed by atoms with Gasteiger partial charge in [-0.25, -0.2) is 4.79 Å². The Morgan fingerprint density at radius 3 is 2.86 bits per heavy atom. The molecule has 1 saturated heterocycles. The Labute approximate surface area is 171 Å². The van der Waals surface area contributed by atoms with Gasteiger partial charge in [0.25, 0.3) is 0 Å². The van der Waals surface area contributed by atoms with E-state index >= 15 is 0 Å². The minimum Gasteiger partial charge on any atom is -0.497 e. The van der Waals surface area contributed by atoms with Crippen LogP contribution in [0.2, 0.25) is 0 Å². The molecule has 2 amide bonds. The molecule has 4 rings (SSSR count). The van der Waals surface area contributed by atoms with Gasteiger partial charge in [0.1, 0.15) is 17.1 Å². The lowest BCUT2D eigenvalue weighted by Gasteiger charge is -2.41. The third-order valence-corrected chi connectivity index (χ3v) is 5.57. The van der Waals surface area contributed by atoms with Crippen LogP contribution < -0.4 is 14.8 Å². The monoisotopic (exact) mass is 396 g/mol. The van der Waals surface area contributed by atoms with Crippen LogP contribution in [0.25, 0.3) is 0 Å². The maximum Gasteiger partial charge on any atom is 0.322 e. The average molecular weight is 396 g/mol. The highest BCUT2D eigenvalue weighted by Gasteiger charge is 2.44. The van der Waals surface area contributed by atoms with E-state index in [9.17, 15) is 4.79 Å². The number of morpholine rings is 1. The smallest absolute Gasteiger partial charge is 0.322 e. The van der Waals surface area contributed by atoms with Crippen molar-refractivity contribution in [2.75, 3.05) is 32.1 Å². The molecule has 0 aromatic heterocycles. The van der Waals surface area contributed by atoms with Gasteiger partial charge in [0.05, 0.1) is 32.1 Å². The molecule has 1 atom stereocenters. The highest BCUT2D eigenvalue weighted by atomic mass is 16.5. The highest BCUT2D eigenvalue weighted by molar-refractivity contribution is 5.91. The van der Waals surface area contributed by atoms with Gasteiger partial charge >= 0.3 is 6.03 Å². The SMILES string of the molecule is COc1ccc(OC(C)C)c(NC(=O)N2CCO[C@]3(CCc4ccccc43)C2)c1. The maximum atomic E-state index is 13.1. The third kappa shape index (κ3) is 3.90. The second-order valence-corrected chi connectivity index (χ2v) is 7.88. The Balaban J connectivity index is 1.54. The van der Waals surface area contributed by atoms with Gasteiger partial charge in [0.15, 0.2) is 0 Å². The first-order valence-corrected chi connectivity index (χ1v) is 10.1. The highest BCUT2D eigenvalue weighted by Crippen LogP contribution is 2.42. The van der Waals surface area contributed by atoms with E-state index in [-0.39, 0.29) is 12.1 Å². The van der Waals surface area contributed by atoms with Crippen LogP contribution in [0.5, 0.6) is 11.5 Å². The first kappa shape index (κ1) is 19.6. The van der Waals surface area contributed by atoms with Gasteiger partial charge in [-0.3, -0.25) is 0 Å². The number of hydrogen-bond acceptors (Lipinski definition) is 4. The quantitative estimate of drug-likeness (QED) is 0.842. The van der Waals surface area contributed by atoms with Gasteiger partial charge in [-0.05, 0) is 49.9 Å². The molecule has 0 radical (unpaired) electrons. The van der Waals surface area contributed by atoms with Crippen LogP contribution in [0, 0.1) is 0 Å². The number of carbonyl (C=O) groups excluding carboxylic acids is 1. The Morgan fingerprint density at radius 2 is 2.07 bits per heavy atom. The summed E-state index contributed by atoms with van der Waals surface area (Å²) >= 11 is 0. The summed E-state index contributed by atoms with van der Waals surface area (Å²) in [7, 11) is 1.60. The van der Waals surface area contributed by atoms with Crippen LogP contribution in [0.4, 0.5) is 10.5 Å². The van der Waals surface area contributed by atoms with Crippen LogP contribution in [-0.2, 0) is 16.8 Å². The number of aryl methyl sites for hydroxylation is 1. The molecule has 1 spiro atoms. The lowest BCUT2D eigenvalue weighted by Crippen LogP contribution is -2.52. The molecule has 1 N–H and O–H groups in total. The molecule has 2 aromatic carbocycles. The molecular formula is C23H28N2O4. The van der Waals surface area contributed by atoms with Crippen molar-refractivity contribution in [2.45, 2.75) is 38.4 Å². The van der Waals surface area contributed by atoms with Crippen LogP contribution in [-0.4, -0.2) is 43.8 Å². The number of fused-ring (bicyclic) bond motifs is 2. The number of ether oxygens (including phenoxy) is 3. The first-order chi connectivity index (χ1) is 14.0. The molecule has 1 aliphatic carbocycles. The number of carbonyl (C=O) groups is 1. The maximum absolute atomic E-state index is 13.1. The molecule has 0 unspecified atom stereocenters. The largest absolute Gasteiger partial charge is 0.497 e. The predicted molar refractivity (Wildman–Crippen MR) is 112 cm³/mol. The number of urea groups is 1. The zero-order valence-corrected chi connectivity index (χ0v) is 17.2. The van der Waals surface area contributed by atoms with Gasteiger partial charge in [-0.2, -0.15) is 0 Å². The van der Waals surface area contributed by atoms with Crippen LogP contribution in [0.3, 0.4) is 0 Å². The minimum absolute atomic E-state index is 0.000642. The number of rotatable bonds is 4. The van der Waals surface area contributed by atoms with E-state index in [4.69, 9.17) is 14.2 Å². The van der Waals surface area contributed by atoms with Gasteiger partial charge in [-0.1, -0.05) is 24.3 Å². The Morgan fingerprint density at radius 1 is 1.24 bits per heavy atom. The summed E-state index contributed by atoms with van der Waals surface area (Å²) in [6.07, 6.45) is 1.88. The summed E-state index contributed by atoms with van der Waals surface area (Å²) in [5.41, 5.74) is 2.73. The molecule has 154 valence electrons. The lowest BCUT2D eigenvalue weighted by molar-refractivity contribution is -0.100. The number of anilines is 1. The Kier molecular flexibility index (Phi) is 5.37. The molecule has 2 aromatic rings. The van der Waals surface area contributed by atoms with Gasteiger partial charge in [0, 0.05) is 12.6 Å². The normalized spacial score (nSPS) is 20.6. The van der Waals surface area contributed by atoms with E-state index in [1.54, 1.807) is 13.2 Å². The standard InChI is InChI=1S/C23H28N2O4/c1-16(2)29-21-9-8-18(27-3)14-20(21)24-22(26)25-12-13-28-23(15-25)11-10-17-6-4-5-7-19(17)23/h4-9,14,16H,10-13,15H2,1-3H3,(H,24,26)/t23-/m1/s1. The lowest BCUT2D eigenvalue weighted by atomic mass is 9.94. The molecule has 1 aliphatic heterocycles. The van der Waals surface area contributed by atoms with Crippen molar-refractivity contribution in [2.24, 2.45) is 0 Å². The van der Waals surface area contributed by atoms with Crippen molar-refractivity contribution in [1.29, 1.82) is 0 Å². The number of amides is 2. The van der Waals surface area contributed by atoms with Crippen molar-refractivity contribution in [3.63, 3.8) is 0 Å². The minimum atomic E-state index is -0.405. The van der Waals surface area contributed by atoms with Crippen LogP contribution >= 0.6 is 0 Å². The third-order valence-electron chi connectivity index (χ3n) is 5.57. The molecule has 6 heteroatoms. The molecule has 29 heavy (non-hydrogen) atoms. The predicted octanol–water partition coefficient (Wildman–Crippen LogP) is 4.19. The van der Waals surface area contributed by atoms with Gasteiger partial charge < -0.3 is 24.4 Å². The molecule has 1 heterocycles. The van der Waals surface area contributed by atoms with Crippen LogP contribution in [0.1, 0.15) is 31.4 Å². The fraction of sp³-hybridized carbons (Fsp3) is 0.435. The zero-order valence-electron chi connectivity index (χ0n) is 17.2. The Hall–Kier alpha value is -2.73.